The van der Waals surface area contributed by atoms with Crippen molar-refractivity contribution in [3.8, 4) is 11.8 Å². The van der Waals surface area contributed by atoms with E-state index >= 15 is 0 Å². The highest BCUT2D eigenvalue weighted by Crippen LogP contribution is 2.23. The number of esters is 1. The van der Waals surface area contributed by atoms with E-state index < -0.39 is 6.09 Å². The van der Waals surface area contributed by atoms with Crippen LogP contribution in [0.25, 0.3) is 0 Å². The minimum Gasteiger partial charge on any atom is -0.469 e. The molecule has 1 N–H and O–H groups in total. The third-order valence-electron chi connectivity index (χ3n) is 9.16. The number of nitrogens with one attached hydrogen (secondary N) is 1. The van der Waals surface area contributed by atoms with Crippen molar-refractivity contribution in [3.63, 3.8) is 0 Å². The van der Waals surface area contributed by atoms with Crippen molar-refractivity contribution in [2.45, 2.75) is 90.3 Å². The van der Waals surface area contributed by atoms with Gasteiger partial charge in [-0.3, -0.25) is 9.59 Å². The summed E-state index contributed by atoms with van der Waals surface area (Å²) < 4.78 is 10.0. The summed E-state index contributed by atoms with van der Waals surface area (Å²) in [6.45, 7) is 5.96. The Balaban J connectivity index is 1.36. The number of unbranched alkanes of at least 4 members (excludes halogenated alkanes) is 4. The van der Waals surface area contributed by atoms with Crippen LogP contribution in [0.1, 0.15) is 97.3 Å². The van der Waals surface area contributed by atoms with Gasteiger partial charge in [-0.05, 0) is 86.0 Å². The number of alkyl carbamates (subject to hydrolysis) is 1. The third kappa shape index (κ3) is 13.4. The van der Waals surface area contributed by atoms with Gasteiger partial charge in [-0.25, -0.2) is 4.79 Å². The molecule has 0 spiro atoms. The summed E-state index contributed by atoms with van der Waals surface area (Å²) >= 11 is 0. The molecule has 1 aliphatic rings. The average Bonchev–Trinajstić information content (AvgIpc) is 3.15. The minimum absolute atomic E-state index is 0.0565. The van der Waals surface area contributed by atoms with E-state index in [1.165, 1.54) is 25.5 Å². The van der Waals surface area contributed by atoms with E-state index in [2.05, 4.69) is 46.0 Å². The van der Waals surface area contributed by atoms with Gasteiger partial charge in [-0.2, -0.15) is 0 Å². The second kappa shape index (κ2) is 21.5. The molecule has 8 nitrogen and oxygen atoms in total. The standard InChI is InChI=1S/C42H53N3O5/c1-3-4-7-14-34-21-23-38(24-22-34)41(47)45(39-25-29-44(30-26-39)28-11-6-10-20-40(46)49-2)32-37-18-12-17-35(31-37)19-13-27-43-42(48)50-33-36-15-8-5-9-16-36/h5,8-9,12,15-18,21-24,31,39H,3-4,6-7,10-11,14,20,25-30,32-33H2,1-2H3,(H,43,48). The molecule has 2 amide bonds. The Morgan fingerprint density at radius 3 is 2.36 bits per heavy atom. The molecule has 266 valence electrons. The fraction of sp³-hybridized carbons (Fsp3) is 0.452. The van der Waals surface area contributed by atoms with Crippen LogP contribution in [0.3, 0.4) is 0 Å². The fourth-order valence-electron chi connectivity index (χ4n) is 6.24. The largest absolute Gasteiger partial charge is 0.469 e. The Morgan fingerprint density at radius 2 is 1.62 bits per heavy atom. The molecule has 0 unspecified atom stereocenters. The molecule has 3 aromatic carbocycles. The summed E-state index contributed by atoms with van der Waals surface area (Å²) in [6.07, 6.45) is 9.28. The molecule has 1 heterocycles. The summed E-state index contributed by atoms with van der Waals surface area (Å²) in [6, 6.07) is 25.8. The number of aryl methyl sites for hydroxylation is 1. The lowest BCUT2D eigenvalue weighted by Gasteiger charge is -2.39. The van der Waals surface area contributed by atoms with Gasteiger partial charge < -0.3 is 24.6 Å². The highest BCUT2D eigenvalue weighted by Gasteiger charge is 2.29. The summed E-state index contributed by atoms with van der Waals surface area (Å²) in [5, 5.41) is 2.68. The number of carbonyl (C=O) groups excluding carboxylic acids is 3. The number of carbonyl (C=O) groups is 3. The number of piperidine rings is 1. The van der Waals surface area contributed by atoms with Crippen molar-refractivity contribution in [2.75, 3.05) is 33.3 Å². The van der Waals surface area contributed by atoms with Crippen LogP contribution in [-0.2, 0) is 33.8 Å². The van der Waals surface area contributed by atoms with E-state index in [0.29, 0.717) is 13.0 Å². The van der Waals surface area contributed by atoms with Gasteiger partial charge >= 0.3 is 12.1 Å². The molecule has 1 fully saturated rings. The van der Waals surface area contributed by atoms with Gasteiger partial charge in [0.2, 0.25) is 0 Å². The molecule has 4 rings (SSSR count). The first-order valence-corrected chi connectivity index (χ1v) is 18.2. The lowest BCUT2D eigenvalue weighted by Crippen LogP contribution is -2.47. The second-order valence-corrected chi connectivity index (χ2v) is 13.0. The summed E-state index contributed by atoms with van der Waals surface area (Å²) in [7, 11) is 1.43. The number of hydrogen-bond donors (Lipinski definition) is 1. The number of amides is 2. The lowest BCUT2D eigenvalue weighted by molar-refractivity contribution is -0.140. The maximum absolute atomic E-state index is 14.1. The van der Waals surface area contributed by atoms with Gasteiger partial charge in [0.05, 0.1) is 13.7 Å². The highest BCUT2D eigenvalue weighted by atomic mass is 16.5. The number of methoxy groups -OCH3 is 1. The van der Waals surface area contributed by atoms with Crippen molar-refractivity contribution in [1.29, 1.82) is 0 Å². The fourth-order valence-corrected chi connectivity index (χ4v) is 6.24. The molecule has 3 aromatic rings. The average molecular weight is 680 g/mol. The zero-order valence-corrected chi connectivity index (χ0v) is 29.8. The monoisotopic (exact) mass is 679 g/mol. The van der Waals surface area contributed by atoms with Crippen molar-refractivity contribution >= 4 is 18.0 Å². The molecular formula is C42H53N3O5. The van der Waals surface area contributed by atoms with E-state index in [0.717, 1.165) is 86.8 Å². The molecule has 0 aromatic heterocycles. The van der Waals surface area contributed by atoms with Crippen molar-refractivity contribution in [2.24, 2.45) is 0 Å². The smallest absolute Gasteiger partial charge is 0.408 e. The maximum atomic E-state index is 14.1. The first-order valence-electron chi connectivity index (χ1n) is 18.2. The molecule has 0 atom stereocenters. The molecule has 8 heteroatoms. The number of rotatable bonds is 17. The Kier molecular flexibility index (Phi) is 16.4. The zero-order valence-electron chi connectivity index (χ0n) is 29.8. The Bertz CT molecular complexity index is 1540. The Hall–Kier alpha value is -4.61. The van der Waals surface area contributed by atoms with E-state index in [9.17, 15) is 14.4 Å². The molecule has 0 radical (unpaired) electrons. The number of nitrogens with zero attached hydrogens (tertiary/aromatic N) is 2. The van der Waals surface area contributed by atoms with Gasteiger partial charge in [0.1, 0.15) is 6.61 Å². The molecule has 0 saturated carbocycles. The predicted molar refractivity (Wildman–Crippen MR) is 197 cm³/mol. The van der Waals surface area contributed by atoms with Crippen LogP contribution in [0.2, 0.25) is 0 Å². The van der Waals surface area contributed by atoms with Crippen LogP contribution < -0.4 is 5.32 Å². The van der Waals surface area contributed by atoms with Gasteiger partial charge in [0.15, 0.2) is 0 Å². The SMILES string of the molecule is CCCCCc1ccc(C(=O)N(Cc2cccc(C#CCNC(=O)OCc3ccccc3)c2)C2CCN(CCCCCC(=O)OC)CC2)cc1. The van der Waals surface area contributed by atoms with Crippen LogP contribution in [0, 0.1) is 11.8 Å². The van der Waals surface area contributed by atoms with Gasteiger partial charge in [-0.15, -0.1) is 0 Å². The number of ether oxygens (including phenoxy) is 2. The van der Waals surface area contributed by atoms with E-state index in [1.807, 2.05) is 66.7 Å². The molecular weight excluding hydrogens is 626 g/mol. The van der Waals surface area contributed by atoms with E-state index in [1.54, 1.807) is 0 Å². The number of benzene rings is 3. The summed E-state index contributed by atoms with van der Waals surface area (Å²) in [5.74, 6) is 6.07. The van der Waals surface area contributed by atoms with Crippen molar-refractivity contribution < 1.29 is 23.9 Å². The number of hydrogen-bond acceptors (Lipinski definition) is 6. The van der Waals surface area contributed by atoms with Crippen LogP contribution in [-0.4, -0.2) is 67.1 Å². The van der Waals surface area contributed by atoms with Crippen LogP contribution in [0.15, 0.2) is 78.9 Å². The van der Waals surface area contributed by atoms with E-state index in [4.69, 9.17) is 9.47 Å². The first-order chi connectivity index (χ1) is 24.4. The van der Waals surface area contributed by atoms with Crippen molar-refractivity contribution in [1.82, 2.24) is 15.1 Å². The zero-order chi connectivity index (χ0) is 35.4. The lowest BCUT2D eigenvalue weighted by atomic mass is 9.99. The minimum atomic E-state index is -0.510. The maximum Gasteiger partial charge on any atom is 0.408 e. The molecule has 50 heavy (non-hydrogen) atoms. The normalized spacial score (nSPS) is 13.2. The molecule has 0 bridgehead atoms. The van der Waals surface area contributed by atoms with Gasteiger partial charge in [0.25, 0.3) is 5.91 Å². The highest BCUT2D eigenvalue weighted by molar-refractivity contribution is 5.94. The molecule has 0 aliphatic carbocycles. The van der Waals surface area contributed by atoms with Gasteiger partial charge in [0, 0.05) is 43.2 Å². The first kappa shape index (κ1) is 38.2. The summed E-state index contributed by atoms with van der Waals surface area (Å²) in [4.78, 5) is 42.1. The van der Waals surface area contributed by atoms with Crippen LogP contribution in [0.5, 0.6) is 0 Å². The van der Waals surface area contributed by atoms with Crippen LogP contribution >= 0.6 is 0 Å². The van der Waals surface area contributed by atoms with Crippen LogP contribution in [0.4, 0.5) is 4.79 Å². The predicted octanol–water partition coefficient (Wildman–Crippen LogP) is 7.54. The topological polar surface area (TPSA) is 88.2 Å². The molecule has 1 saturated heterocycles. The second-order valence-electron chi connectivity index (χ2n) is 13.0. The number of likely N-dealkylation sites (tertiary alicyclic amines) is 1. The quantitative estimate of drug-likeness (QED) is 0.0902. The Labute approximate surface area is 298 Å². The summed E-state index contributed by atoms with van der Waals surface area (Å²) in [5.41, 5.74) is 4.76. The third-order valence-corrected chi connectivity index (χ3v) is 9.16. The van der Waals surface area contributed by atoms with Gasteiger partial charge in [-0.1, -0.05) is 92.6 Å². The van der Waals surface area contributed by atoms with Crippen molar-refractivity contribution in [3.05, 3.63) is 107 Å². The van der Waals surface area contributed by atoms with E-state index in [-0.39, 0.29) is 31.1 Å². The Morgan fingerprint density at radius 1 is 0.860 bits per heavy atom. The molecule has 1 aliphatic heterocycles.